The number of nitrogens with one attached hydrogen (secondary N) is 1. The molecule has 3 rings (SSSR count). The van der Waals surface area contributed by atoms with Gasteiger partial charge in [0.25, 0.3) is 0 Å². The van der Waals surface area contributed by atoms with Gasteiger partial charge in [0.1, 0.15) is 6.04 Å². The fourth-order valence-corrected chi connectivity index (χ4v) is 3.27. The molecule has 3 aromatic rings. The predicted octanol–water partition coefficient (Wildman–Crippen LogP) is 3.50. The zero-order chi connectivity index (χ0) is 20.6. The first-order valence-corrected chi connectivity index (χ1v) is 9.21. The van der Waals surface area contributed by atoms with Crippen molar-refractivity contribution >= 4 is 11.9 Å². The number of carboxylic acids is 1. The summed E-state index contributed by atoms with van der Waals surface area (Å²) in [5.74, 6) is -2.18. The van der Waals surface area contributed by atoms with Crippen molar-refractivity contribution in [3.05, 3.63) is 107 Å². The molecule has 1 amide bonds. The van der Waals surface area contributed by atoms with E-state index in [1.807, 2.05) is 60.7 Å². The number of carboxylic acid groups (broad SMARTS) is 1. The third-order valence-corrected chi connectivity index (χ3v) is 4.70. The Hall–Kier alpha value is -3.91. The van der Waals surface area contributed by atoms with E-state index in [1.165, 1.54) is 0 Å². The summed E-state index contributed by atoms with van der Waals surface area (Å²) < 4.78 is 0. The summed E-state index contributed by atoms with van der Waals surface area (Å²) in [6.45, 7) is 0. The van der Waals surface area contributed by atoms with Crippen LogP contribution in [0, 0.1) is 11.3 Å². The van der Waals surface area contributed by atoms with Crippen LogP contribution in [0.2, 0.25) is 0 Å². The second kappa shape index (κ2) is 9.34. The minimum atomic E-state index is -1.15. The molecule has 0 saturated carbocycles. The van der Waals surface area contributed by atoms with Gasteiger partial charge < -0.3 is 10.4 Å². The number of hydrogen-bond donors (Lipinski definition) is 2. The molecule has 29 heavy (non-hydrogen) atoms. The van der Waals surface area contributed by atoms with Crippen LogP contribution in [0.5, 0.6) is 0 Å². The van der Waals surface area contributed by atoms with Crippen LogP contribution in [-0.2, 0) is 16.0 Å². The summed E-state index contributed by atoms with van der Waals surface area (Å²) in [6, 6.07) is 26.2. The molecule has 0 unspecified atom stereocenters. The van der Waals surface area contributed by atoms with Crippen LogP contribution in [0.1, 0.15) is 28.2 Å². The average molecular weight is 384 g/mol. The lowest BCUT2D eigenvalue weighted by atomic mass is 9.90. The Morgan fingerprint density at radius 2 is 1.38 bits per heavy atom. The summed E-state index contributed by atoms with van der Waals surface area (Å²) in [5.41, 5.74) is 2.53. The van der Waals surface area contributed by atoms with Crippen molar-refractivity contribution < 1.29 is 14.7 Å². The molecule has 0 radical (unpaired) electrons. The van der Waals surface area contributed by atoms with Gasteiger partial charge in [-0.15, -0.1) is 0 Å². The summed E-state index contributed by atoms with van der Waals surface area (Å²) in [6.07, 6.45) is 0.0289. The minimum Gasteiger partial charge on any atom is -0.480 e. The van der Waals surface area contributed by atoms with E-state index in [9.17, 15) is 20.0 Å². The van der Waals surface area contributed by atoms with Gasteiger partial charge in [-0.05, 0) is 22.8 Å². The molecule has 0 heterocycles. The number of carbonyl (C=O) groups excluding carboxylic acids is 1. The highest BCUT2D eigenvalue weighted by Crippen LogP contribution is 2.25. The fraction of sp³-hybridized carbons (Fsp3) is 0.125. The highest BCUT2D eigenvalue weighted by atomic mass is 16.4. The zero-order valence-electron chi connectivity index (χ0n) is 15.7. The van der Waals surface area contributed by atoms with E-state index >= 15 is 0 Å². The molecule has 0 spiro atoms. The van der Waals surface area contributed by atoms with Crippen molar-refractivity contribution in [1.82, 2.24) is 5.32 Å². The van der Waals surface area contributed by atoms with E-state index in [4.69, 9.17) is 0 Å². The summed E-state index contributed by atoms with van der Waals surface area (Å²) in [5, 5.41) is 21.6. The molecule has 5 nitrogen and oxygen atoms in total. The highest BCUT2D eigenvalue weighted by Gasteiger charge is 2.28. The smallest absolute Gasteiger partial charge is 0.326 e. The third kappa shape index (κ3) is 4.88. The van der Waals surface area contributed by atoms with E-state index < -0.39 is 23.8 Å². The average Bonchev–Trinajstić information content (AvgIpc) is 2.75. The van der Waals surface area contributed by atoms with Crippen molar-refractivity contribution in [1.29, 1.82) is 5.26 Å². The summed E-state index contributed by atoms with van der Waals surface area (Å²) in [7, 11) is 0. The molecule has 3 aromatic carbocycles. The van der Waals surface area contributed by atoms with Gasteiger partial charge in [-0.1, -0.05) is 78.9 Å². The van der Waals surface area contributed by atoms with Gasteiger partial charge in [0, 0.05) is 6.42 Å². The second-order valence-electron chi connectivity index (χ2n) is 6.63. The molecule has 1 atom stereocenters. The van der Waals surface area contributed by atoms with Crippen molar-refractivity contribution in [3.8, 4) is 6.07 Å². The van der Waals surface area contributed by atoms with E-state index in [0.717, 1.165) is 11.1 Å². The van der Waals surface area contributed by atoms with E-state index in [0.29, 0.717) is 11.1 Å². The third-order valence-electron chi connectivity index (χ3n) is 4.70. The lowest BCUT2D eigenvalue weighted by Gasteiger charge is -2.21. The molecule has 0 aliphatic carbocycles. The normalized spacial score (nSPS) is 11.4. The molecular weight excluding hydrogens is 364 g/mol. The molecule has 0 bridgehead atoms. The SMILES string of the molecule is N#Cc1ccccc1C[C@H](NC(=O)C(c1ccccc1)c1ccccc1)C(=O)O. The Morgan fingerprint density at radius 3 is 1.90 bits per heavy atom. The van der Waals surface area contributed by atoms with Crippen LogP contribution in [0.4, 0.5) is 0 Å². The van der Waals surface area contributed by atoms with Crippen molar-refractivity contribution in [3.63, 3.8) is 0 Å². The Labute approximate surface area is 169 Å². The van der Waals surface area contributed by atoms with Gasteiger partial charge in [0.15, 0.2) is 0 Å². The number of carbonyl (C=O) groups is 2. The predicted molar refractivity (Wildman–Crippen MR) is 109 cm³/mol. The lowest BCUT2D eigenvalue weighted by Crippen LogP contribution is -2.44. The van der Waals surface area contributed by atoms with Gasteiger partial charge in [0.2, 0.25) is 5.91 Å². The van der Waals surface area contributed by atoms with Crippen LogP contribution in [0.3, 0.4) is 0 Å². The molecule has 0 saturated heterocycles. The highest BCUT2D eigenvalue weighted by molar-refractivity contribution is 5.90. The summed E-state index contributed by atoms with van der Waals surface area (Å²) >= 11 is 0. The molecule has 2 N–H and O–H groups in total. The fourth-order valence-electron chi connectivity index (χ4n) is 3.27. The molecule has 0 aromatic heterocycles. The number of benzene rings is 3. The van der Waals surface area contributed by atoms with Gasteiger partial charge in [0.05, 0.1) is 17.6 Å². The molecule has 0 aliphatic heterocycles. The maximum atomic E-state index is 13.2. The zero-order valence-corrected chi connectivity index (χ0v) is 15.7. The Bertz CT molecular complexity index is 987. The topological polar surface area (TPSA) is 90.2 Å². The van der Waals surface area contributed by atoms with E-state index in [-0.39, 0.29) is 6.42 Å². The van der Waals surface area contributed by atoms with E-state index in [2.05, 4.69) is 11.4 Å². The van der Waals surface area contributed by atoms with Gasteiger partial charge in [-0.2, -0.15) is 5.26 Å². The van der Waals surface area contributed by atoms with Crippen LogP contribution in [0.25, 0.3) is 0 Å². The first-order valence-electron chi connectivity index (χ1n) is 9.21. The maximum absolute atomic E-state index is 13.2. The van der Waals surface area contributed by atoms with Crippen LogP contribution < -0.4 is 5.32 Å². The Balaban J connectivity index is 1.89. The summed E-state index contributed by atoms with van der Waals surface area (Å²) in [4.78, 5) is 25.0. The number of aliphatic carboxylic acids is 1. The molecule has 0 aliphatic rings. The molecular formula is C24H20N2O3. The number of rotatable bonds is 7. The standard InChI is InChI=1S/C24H20N2O3/c25-16-20-14-8-7-13-19(20)15-21(24(28)29)26-23(27)22(17-9-3-1-4-10-17)18-11-5-2-6-12-18/h1-14,21-22H,15H2,(H,26,27)(H,28,29)/t21-/m0/s1. The number of amides is 1. The maximum Gasteiger partial charge on any atom is 0.326 e. The lowest BCUT2D eigenvalue weighted by molar-refractivity contribution is -0.141. The van der Waals surface area contributed by atoms with Gasteiger partial charge in [-0.3, -0.25) is 4.79 Å². The number of nitriles is 1. The molecule has 0 fully saturated rings. The van der Waals surface area contributed by atoms with Crippen molar-refractivity contribution in [2.45, 2.75) is 18.4 Å². The van der Waals surface area contributed by atoms with Crippen LogP contribution >= 0.6 is 0 Å². The van der Waals surface area contributed by atoms with E-state index in [1.54, 1.807) is 24.3 Å². The number of nitrogens with zero attached hydrogens (tertiary/aromatic N) is 1. The molecule has 5 heteroatoms. The Morgan fingerprint density at radius 1 is 0.862 bits per heavy atom. The second-order valence-corrected chi connectivity index (χ2v) is 6.63. The quantitative estimate of drug-likeness (QED) is 0.652. The monoisotopic (exact) mass is 384 g/mol. The first kappa shape index (κ1) is 19.8. The van der Waals surface area contributed by atoms with Crippen LogP contribution in [0.15, 0.2) is 84.9 Å². The largest absolute Gasteiger partial charge is 0.480 e. The Kier molecular flexibility index (Phi) is 6.39. The first-order chi connectivity index (χ1) is 14.1. The van der Waals surface area contributed by atoms with Crippen molar-refractivity contribution in [2.24, 2.45) is 0 Å². The van der Waals surface area contributed by atoms with Crippen molar-refractivity contribution in [2.75, 3.05) is 0 Å². The molecule has 144 valence electrons. The van der Waals surface area contributed by atoms with Gasteiger partial charge in [-0.25, -0.2) is 4.79 Å². The number of hydrogen-bond acceptors (Lipinski definition) is 3. The minimum absolute atomic E-state index is 0.0289. The van der Waals surface area contributed by atoms with Gasteiger partial charge >= 0.3 is 5.97 Å². The van der Waals surface area contributed by atoms with Crippen LogP contribution in [-0.4, -0.2) is 23.0 Å².